The number of hydrogen-bond donors (Lipinski definition) is 2. The molecule has 4 nitrogen and oxygen atoms in total. The Hall–Kier alpha value is -0.330. The van der Waals surface area contributed by atoms with Gasteiger partial charge >= 0.3 is 0 Å². The van der Waals surface area contributed by atoms with Gasteiger partial charge in [-0.05, 0) is 37.6 Å². The van der Waals surface area contributed by atoms with Crippen LogP contribution in [0.25, 0.3) is 0 Å². The van der Waals surface area contributed by atoms with Gasteiger partial charge in [0, 0.05) is 17.6 Å². The van der Waals surface area contributed by atoms with E-state index >= 15 is 0 Å². The van der Waals surface area contributed by atoms with Crippen molar-refractivity contribution in [2.45, 2.75) is 23.8 Å². The Morgan fingerprint density at radius 1 is 1.39 bits per heavy atom. The highest BCUT2D eigenvalue weighted by molar-refractivity contribution is 7.89. The number of nitrogens with one attached hydrogen (secondary N) is 2. The van der Waals surface area contributed by atoms with E-state index in [1.807, 2.05) is 0 Å². The van der Waals surface area contributed by atoms with Crippen molar-refractivity contribution in [3.05, 3.63) is 28.2 Å². The molecule has 1 saturated heterocycles. The lowest BCUT2D eigenvalue weighted by Gasteiger charge is -2.12. The maximum absolute atomic E-state index is 12.1. The summed E-state index contributed by atoms with van der Waals surface area (Å²) in [6.07, 6.45) is 2.06. The minimum atomic E-state index is -3.58. The Bertz CT molecular complexity index is 528. The maximum Gasteiger partial charge on any atom is 0.242 e. The fourth-order valence-electron chi connectivity index (χ4n) is 1.91. The van der Waals surface area contributed by atoms with E-state index in [-0.39, 0.29) is 16.0 Å². The number of hydrogen-bond acceptors (Lipinski definition) is 3. The molecule has 1 aromatic rings. The average molecular weight is 309 g/mol. The summed E-state index contributed by atoms with van der Waals surface area (Å²) in [6, 6.07) is 4.54. The van der Waals surface area contributed by atoms with Gasteiger partial charge in [-0.2, -0.15) is 0 Å². The molecule has 18 heavy (non-hydrogen) atoms. The molecule has 1 aliphatic rings. The first kappa shape index (κ1) is 14.1. The first-order chi connectivity index (χ1) is 8.49. The molecule has 0 aliphatic carbocycles. The third-order valence-electron chi connectivity index (χ3n) is 2.87. The van der Waals surface area contributed by atoms with E-state index in [1.54, 1.807) is 0 Å². The van der Waals surface area contributed by atoms with E-state index in [1.165, 1.54) is 18.2 Å². The highest BCUT2D eigenvalue weighted by atomic mass is 35.5. The Balaban J connectivity index is 2.09. The van der Waals surface area contributed by atoms with Gasteiger partial charge in [-0.1, -0.05) is 23.2 Å². The summed E-state index contributed by atoms with van der Waals surface area (Å²) in [5.74, 6) is 0. The second-order valence-electron chi connectivity index (χ2n) is 4.22. The molecule has 2 rings (SSSR count). The monoisotopic (exact) mass is 308 g/mol. The lowest BCUT2D eigenvalue weighted by molar-refractivity contribution is 0.552. The van der Waals surface area contributed by atoms with Gasteiger partial charge in [0.05, 0.1) is 5.02 Å². The quantitative estimate of drug-likeness (QED) is 0.894. The highest BCUT2D eigenvalue weighted by Crippen LogP contribution is 2.24. The Morgan fingerprint density at radius 2 is 2.17 bits per heavy atom. The molecule has 0 aromatic heterocycles. The number of halogens is 2. The Morgan fingerprint density at radius 3 is 2.78 bits per heavy atom. The molecule has 0 unspecified atom stereocenters. The zero-order chi connectivity index (χ0) is 13.2. The number of benzene rings is 1. The van der Waals surface area contributed by atoms with Gasteiger partial charge in [-0.15, -0.1) is 0 Å². The third kappa shape index (κ3) is 3.36. The summed E-state index contributed by atoms with van der Waals surface area (Å²) < 4.78 is 26.7. The third-order valence-corrected chi connectivity index (χ3v) is 5.01. The fraction of sp³-hybridized carbons (Fsp3) is 0.455. The molecule has 1 aliphatic heterocycles. The van der Waals surface area contributed by atoms with E-state index in [0.29, 0.717) is 11.6 Å². The first-order valence-corrected chi connectivity index (χ1v) is 7.91. The standard InChI is InChI=1S/C11H14Cl2N2O2S/c12-8-3-4-11(10(13)6-8)18(16,17)15-7-9-2-1-5-14-9/h3-4,6,9,14-15H,1-2,5,7H2/t9-/m0/s1. The first-order valence-electron chi connectivity index (χ1n) is 5.67. The summed E-state index contributed by atoms with van der Waals surface area (Å²) in [5.41, 5.74) is 0. The van der Waals surface area contributed by atoms with Crippen LogP contribution in [0.3, 0.4) is 0 Å². The summed E-state index contributed by atoms with van der Waals surface area (Å²) in [6.45, 7) is 1.31. The van der Waals surface area contributed by atoms with Gasteiger partial charge in [-0.3, -0.25) is 0 Å². The summed E-state index contributed by atoms with van der Waals surface area (Å²) >= 11 is 11.6. The van der Waals surface area contributed by atoms with E-state index in [9.17, 15) is 8.42 Å². The van der Waals surface area contributed by atoms with Crippen LogP contribution < -0.4 is 10.0 Å². The molecule has 2 N–H and O–H groups in total. The molecule has 1 atom stereocenters. The van der Waals surface area contributed by atoms with Crippen LogP contribution in [0, 0.1) is 0 Å². The van der Waals surface area contributed by atoms with E-state index < -0.39 is 10.0 Å². The van der Waals surface area contributed by atoms with Crippen molar-refractivity contribution in [1.82, 2.24) is 10.0 Å². The van der Waals surface area contributed by atoms with E-state index in [4.69, 9.17) is 23.2 Å². The van der Waals surface area contributed by atoms with Crippen LogP contribution in [0.5, 0.6) is 0 Å². The molecule has 1 heterocycles. The van der Waals surface area contributed by atoms with Gasteiger partial charge in [0.15, 0.2) is 0 Å². The molecule has 1 fully saturated rings. The van der Waals surface area contributed by atoms with Crippen LogP contribution in [0.15, 0.2) is 23.1 Å². The minimum absolute atomic E-state index is 0.0616. The van der Waals surface area contributed by atoms with Crippen molar-refractivity contribution in [3.8, 4) is 0 Å². The van der Waals surface area contributed by atoms with Gasteiger partial charge in [0.2, 0.25) is 10.0 Å². The molecule has 0 saturated carbocycles. The second-order valence-corrected chi connectivity index (χ2v) is 6.80. The van der Waals surface area contributed by atoms with Crippen LogP contribution in [-0.2, 0) is 10.0 Å². The average Bonchev–Trinajstić information content (AvgIpc) is 2.78. The van der Waals surface area contributed by atoms with Gasteiger partial charge in [-0.25, -0.2) is 13.1 Å². The molecule has 0 radical (unpaired) electrons. The van der Waals surface area contributed by atoms with E-state index in [2.05, 4.69) is 10.0 Å². The van der Waals surface area contributed by atoms with Crippen LogP contribution in [0.4, 0.5) is 0 Å². The molecule has 0 amide bonds. The Labute approximate surface area is 117 Å². The normalized spacial score (nSPS) is 20.2. The number of sulfonamides is 1. The summed E-state index contributed by atoms with van der Waals surface area (Å²) in [5, 5.41) is 3.77. The SMILES string of the molecule is O=S(=O)(NC[C@@H]1CCCN1)c1ccc(Cl)cc1Cl. The Kier molecular flexibility index (Phi) is 4.50. The van der Waals surface area contributed by atoms with Crippen LogP contribution in [0.1, 0.15) is 12.8 Å². The van der Waals surface area contributed by atoms with Crippen LogP contribution in [0.2, 0.25) is 10.0 Å². The lowest BCUT2D eigenvalue weighted by Crippen LogP contribution is -2.37. The van der Waals surface area contributed by atoms with Crippen LogP contribution in [-0.4, -0.2) is 27.5 Å². The molecule has 1 aromatic carbocycles. The van der Waals surface area contributed by atoms with E-state index in [0.717, 1.165) is 19.4 Å². The van der Waals surface area contributed by atoms with Gasteiger partial charge < -0.3 is 5.32 Å². The lowest BCUT2D eigenvalue weighted by atomic mass is 10.2. The largest absolute Gasteiger partial charge is 0.313 e. The molecule has 7 heteroatoms. The molecule has 0 bridgehead atoms. The molecular formula is C11H14Cl2N2O2S. The molecular weight excluding hydrogens is 295 g/mol. The predicted octanol–water partition coefficient (Wildman–Crippen LogP) is 2.02. The summed E-state index contributed by atoms with van der Waals surface area (Å²) in [7, 11) is -3.58. The minimum Gasteiger partial charge on any atom is -0.313 e. The molecule has 100 valence electrons. The van der Waals surface area contributed by atoms with Crippen molar-refractivity contribution in [2.75, 3.05) is 13.1 Å². The van der Waals surface area contributed by atoms with Gasteiger partial charge in [0.1, 0.15) is 4.90 Å². The number of rotatable bonds is 4. The van der Waals surface area contributed by atoms with Crippen LogP contribution >= 0.6 is 23.2 Å². The fourth-order valence-corrected chi connectivity index (χ4v) is 3.76. The summed E-state index contributed by atoms with van der Waals surface area (Å²) in [4.78, 5) is 0.0616. The van der Waals surface area contributed by atoms with Crippen molar-refractivity contribution in [2.24, 2.45) is 0 Å². The maximum atomic E-state index is 12.1. The zero-order valence-corrected chi connectivity index (χ0v) is 11.9. The van der Waals surface area contributed by atoms with Crippen molar-refractivity contribution < 1.29 is 8.42 Å². The second kappa shape index (κ2) is 5.75. The predicted molar refractivity (Wildman–Crippen MR) is 72.7 cm³/mol. The highest BCUT2D eigenvalue weighted by Gasteiger charge is 2.21. The molecule has 0 spiro atoms. The topological polar surface area (TPSA) is 58.2 Å². The van der Waals surface area contributed by atoms with Crippen molar-refractivity contribution in [3.63, 3.8) is 0 Å². The van der Waals surface area contributed by atoms with Crippen molar-refractivity contribution in [1.29, 1.82) is 0 Å². The van der Waals surface area contributed by atoms with Gasteiger partial charge in [0.25, 0.3) is 0 Å². The zero-order valence-electron chi connectivity index (χ0n) is 9.62. The smallest absolute Gasteiger partial charge is 0.242 e. The van der Waals surface area contributed by atoms with Crippen molar-refractivity contribution >= 4 is 33.2 Å².